The molecule has 3 aromatic carbocycles. The highest BCUT2D eigenvalue weighted by Crippen LogP contribution is 2.35. The van der Waals surface area contributed by atoms with Crippen LogP contribution in [0.25, 0.3) is 21.9 Å². The van der Waals surface area contributed by atoms with Crippen LogP contribution in [0.4, 0.5) is 15.9 Å². The van der Waals surface area contributed by atoms with Gasteiger partial charge in [-0.1, -0.05) is 0 Å². The van der Waals surface area contributed by atoms with Crippen LogP contribution in [0.3, 0.4) is 0 Å². The van der Waals surface area contributed by atoms with E-state index >= 15 is 4.39 Å². The molecule has 2 N–H and O–H groups in total. The number of fused-ring (bicyclic) bond motifs is 4. The summed E-state index contributed by atoms with van der Waals surface area (Å²) in [4.78, 5) is 13.2. The number of nitrogens with zero attached hydrogens (tertiary/aromatic N) is 4. The van der Waals surface area contributed by atoms with E-state index in [1.807, 2.05) is 48.0 Å². The van der Waals surface area contributed by atoms with E-state index in [1.54, 1.807) is 25.4 Å². The number of aromatic nitrogens is 4. The molecule has 2 saturated heterocycles. The fourth-order valence-corrected chi connectivity index (χ4v) is 5.81. The molecule has 3 atom stereocenters. The lowest BCUT2D eigenvalue weighted by atomic mass is 10.0. The first-order valence-corrected chi connectivity index (χ1v) is 13.3. The standard InChI is InChI=1S/C30H29FN6O2/c1-17-28(39-21-6-9-27-26(14-21)34-16-37(27)2)10-8-25(29(17)31)36-30-23-13-20(5-7-24(23)32-15-33-30)38-22-11-18-3-4-19(12-22)35-18/h5-10,13-16,18-19,22,35H,3-4,11-12H2,1-2H3,(H,32,33,36)/t18-,19+,22?. The largest absolute Gasteiger partial charge is 0.490 e. The Morgan fingerprint density at radius 2 is 1.77 bits per heavy atom. The Kier molecular flexibility index (Phi) is 5.81. The monoisotopic (exact) mass is 524 g/mol. The number of piperidine rings is 1. The second-order valence-corrected chi connectivity index (χ2v) is 10.5. The molecule has 0 radical (unpaired) electrons. The van der Waals surface area contributed by atoms with Gasteiger partial charge in [0, 0.05) is 36.1 Å². The average Bonchev–Trinajstić information content (AvgIpc) is 3.48. The molecule has 9 heteroatoms. The molecule has 2 aliphatic rings. The number of hydrogen-bond acceptors (Lipinski definition) is 7. The van der Waals surface area contributed by atoms with Gasteiger partial charge in [0.05, 0.1) is 28.6 Å². The van der Waals surface area contributed by atoms with E-state index in [9.17, 15) is 0 Å². The summed E-state index contributed by atoms with van der Waals surface area (Å²) in [6.07, 6.45) is 7.89. The smallest absolute Gasteiger partial charge is 0.153 e. The van der Waals surface area contributed by atoms with Crippen molar-refractivity contribution in [2.45, 2.75) is 50.8 Å². The summed E-state index contributed by atoms with van der Waals surface area (Å²) in [6, 6.07) is 16.0. The molecule has 5 aromatic rings. The zero-order valence-electron chi connectivity index (χ0n) is 21.8. The third-order valence-corrected chi connectivity index (χ3v) is 7.85. The van der Waals surface area contributed by atoms with Gasteiger partial charge in [-0.2, -0.15) is 0 Å². The molecular formula is C30H29FN6O2. The van der Waals surface area contributed by atoms with Gasteiger partial charge in [-0.05, 0) is 75.1 Å². The van der Waals surface area contributed by atoms with E-state index in [-0.39, 0.29) is 6.10 Å². The quantitative estimate of drug-likeness (QED) is 0.275. The summed E-state index contributed by atoms with van der Waals surface area (Å²) >= 11 is 0. The molecule has 0 spiro atoms. The number of hydrogen-bond donors (Lipinski definition) is 2. The van der Waals surface area contributed by atoms with Crippen LogP contribution in [0.2, 0.25) is 0 Å². The summed E-state index contributed by atoms with van der Waals surface area (Å²) in [5.41, 5.74) is 3.27. The van der Waals surface area contributed by atoms with Crippen LogP contribution >= 0.6 is 0 Å². The highest BCUT2D eigenvalue weighted by atomic mass is 19.1. The molecule has 39 heavy (non-hydrogen) atoms. The van der Waals surface area contributed by atoms with Crippen molar-refractivity contribution in [2.75, 3.05) is 5.32 Å². The van der Waals surface area contributed by atoms with Crippen molar-refractivity contribution >= 4 is 33.4 Å². The van der Waals surface area contributed by atoms with Gasteiger partial charge in [0.2, 0.25) is 0 Å². The number of aryl methyl sites for hydroxylation is 1. The number of rotatable bonds is 6. The first kappa shape index (κ1) is 23.8. The van der Waals surface area contributed by atoms with Crippen LogP contribution in [-0.4, -0.2) is 37.7 Å². The molecule has 0 amide bonds. The van der Waals surface area contributed by atoms with E-state index in [4.69, 9.17) is 9.47 Å². The third kappa shape index (κ3) is 4.52. The van der Waals surface area contributed by atoms with E-state index in [0.29, 0.717) is 40.7 Å². The summed E-state index contributed by atoms with van der Waals surface area (Å²) in [5.74, 6) is 1.92. The minimum atomic E-state index is -0.407. The Labute approximate surface area is 225 Å². The van der Waals surface area contributed by atoms with E-state index in [0.717, 1.165) is 40.5 Å². The average molecular weight is 525 g/mol. The van der Waals surface area contributed by atoms with Gasteiger partial charge >= 0.3 is 0 Å². The predicted molar refractivity (Wildman–Crippen MR) is 148 cm³/mol. The number of nitrogens with one attached hydrogen (secondary N) is 2. The molecule has 4 heterocycles. The van der Waals surface area contributed by atoms with Crippen LogP contribution in [0.1, 0.15) is 31.2 Å². The summed E-state index contributed by atoms with van der Waals surface area (Å²) in [5, 5.41) is 7.59. The van der Waals surface area contributed by atoms with Crippen molar-refractivity contribution in [3.63, 3.8) is 0 Å². The molecule has 2 bridgehead atoms. The normalized spacial score (nSPS) is 20.4. The molecule has 2 aliphatic heterocycles. The van der Waals surface area contributed by atoms with Crippen LogP contribution < -0.4 is 20.1 Å². The topological polar surface area (TPSA) is 86.1 Å². The lowest BCUT2D eigenvalue weighted by molar-refractivity contribution is 0.137. The Hall–Kier alpha value is -4.24. The number of ether oxygens (including phenoxy) is 2. The Morgan fingerprint density at radius 3 is 2.62 bits per heavy atom. The van der Waals surface area contributed by atoms with Crippen molar-refractivity contribution in [1.29, 1.82) is 0 Å². The lowest BCUT2D eigenvalue weighted by Gasteiger charge is -2.29. The van der Waals surface area contributed by atoms with Gasteiger partial charge in [-0.15, -0.1) is 0 Å². The molecule has 0 aliphatic carbocycles. The Morgan fingerprint density at radius 1 is 0.949 bits per heavy atom. The van der Waals surface area contributed by atoms with Crippen molar-refractivity contribution in [1.82, 2.24) is 24.8 Å². The predicted octanol–water partition coefficient (Wildman–Crippen LogP) is 6.16. The zero-order valence-corrected chi connectivity index (χ0v) is 21.8. The van der Waals surface area contributed by atoms with Crippen molar-refractivity contribution in [3.05, 3.63) is 72.6 Å². The maximum Gasteiger partial charge on any atom is 0.153 e. The number of imidazole rings is 1. The first-order chi connectivity index (χ1) is 19.0. The SMILES string of the molecule is Cc1c(Oc2ccc3c(c2)ncn3C)ccc(Nc2ncnc3ccc(OC4C[C@H]5CC[C@@H](C4)N5)cc23)c1F. The zero-order chi connectivity index (χ0) is 26.5. The summed E-state index contributed by atoms with van der Waals surface area (Å²) in [7, 11) is 1.94. The molecule has 198 valence electrons. The van der Waals surface area contributed by atoms with Gasteiger partial charge < -0.3 is 24.7 Å². The first-order valence-electron chi connectivity index (χ1n) is 13.3. The molecule has 0 saturated carbocycles. The molecule has 8 nitrogen and oxygen atoms in total. The molecule has 7 rings (SSSR count). The molecule has 2 aromatic heterocycles. The summed E-state index contributed by atoms with van der Waals surface area (Å²) in [6.45, 7) is 1.70. The number of halogens is 1. The van der Waals surface area contributed by atoms with Crippen molar-refractivity contribution < 1.29 is 13.9 Å². The van der Waals surface area contributed by atoms with Crippen LogP contribution in [0.15, 0.2) is 61.2 Å². The van der Waals surface area contributed by atoms with Crippen LogP contribution in [0.5, 0.6) is 17.2 Å². The van der Waals surface area contributed by atoms with Gasteiger partial charge in [0.1, 0.15) is 35.5 Å². The van der Waals surface area contributed by atoms with E-state index in [2.05, 4.69) is 25.6 Å². The Bertz CT molecular complexity index is 1690. The highest BCUT2D eigenvalue weighted by molar-refractivity contribution is 5.91. The van der Waals surface area contributed by atoms with Crippen LogP contribution in [0, 0.1) is 12.7 Å². The Balaban J connectivity index is 1.13. The van der Waals surface area contributed by atoms with Gasteiger partial charge in [0.25, 0.3) is 0 Å². The van der Waals surface area contributed by atoms with E-state index < -0.39 is 5.82 Å². The van der Waals surface area contributed by atoms with Crippen molar-refractivity contribution in [3.8, 4) is 17.2 Å². The van der Waals surface area contributed by atoms with Crippen LogP contribution in [-0.2, 0) is 7.05 Å². The minimum absolute atomic E-state index is 0.188. The van der Waals surface area contributed by atoms with Crippen molar-refractivity contribution in [2.24, 2.45) is 7.05 Å². The van der Waals surface area contributed by atoms with Gasteiger partial charge in [-0.25, -0.2) is 19.3 Å². The number of anilines is 2. The minimum Gasteiger partial charge on any atom is -0.490 e. The third-order valence-electron chi connectivity index (χ3n) is 7.85. The fraction of sp³-hybridized carbons (Fsp3) is 0.300. The fourth-order valence-electron chi connectivity index (χ4n) is 5.81. The highest BCUT2D eigenvalue weighted by Gasteiger charge is 2.34. The summed E-state index contributed by atoms with van der Waals surface area (Å²) < 4.78 is 29.9. The lowest BCUT2D eigenvalue weighted by Crippen LogP contribution is -2.42. The molecule has 1 unspecified atom stereocenters. The maximum atomic E-state index is 15.5. The second kappa shape index (κ2) is 9.50. The second-order valence-electron chi connectivity index (χ2n) is 10.5. The number of benzene rings is 3. The molecule has 2 fully saturated rings. The molecular weight excluding hydrogens is 495 g/mol. The van der Waals surface area contributed by atoms with Gasteiger partial charge in [-0.3, -0.25) is 0 Å². The maximum absolute atomic E-state index is 15.5. The van der Waals surface area contributed by atoms with E-state index in [1.165, 1.54) is 19.2 Å². The van der Waals surface area contributed by atoms with Gasteiger partial charge in [0.15, 0.2) is 5.82 Å².